The maximum absolute atomic E-state index is 10.2. The highest BCUT2D eigenvalue weighted by atomic mass is 16.4. The van der Waals surface area contributed by atoms with E-state index in [9.17, 15) is 9.90 Å². The number of likely N-dealkylation sites (N-methyl/N-ethyl adjacent to an activating group) is 1. The first kappa shape index (κ1) is 9.48. The lowest BCUT2D eigenvalue weighted by atomic mass is 10.0. The van der Waals surface area contributed by atoms with Gasteiger partial charge in [0.15, 0.2) is 0 Å². The number of carboxylic acid groups (broad SMARTS) is 1. The number of hydrogen-bond acceptors (Lipinski definition) is 3. The first-order chi connectivity index (χ1) is 5.59. The van der Waals surface area contributed by atoms with Crippen LogP contribution in [-0.4, -0.2) is 47.3 Å². The average molecular weight is 173 g/mol. The monoisotopic (exact) mass is 173 g/mol. The predicted molar refractivity (Wildman–Crippen MR) is 43.9 cm³/mol. The lowest BCUT2D eigenvalue weighted by molar-refractivity contribution is -0.137. The fourth-order valence-corrected chi connectivity index (χ4v) is 1.66. The van der Waals surface area contributed by atoms with Crippen LogP contribution in [0.3, 0.4) is 0 Å². The molecule has 0 spiro atoms. The SMILES string of the molecule is CN1C[C@H](CCC(=O)O)[C@@H](O)C1. The Morgan fingerprint density at radius 3 is 2.67 bits per heavy atom. The summed E-state index contributed by atoms with van der Waals surface area (Å²) in [6.07, 6.45) is 0.408. The van der Waals surface area contributed by atoms with Gasteiger partial charge in [-0.1, -0.05) is 0 Å². The largest absolute Gasteiger partial charge is 0.481 e. The molecule has 4 heteroatoms. The number of aliphatic hydroxyl groups is 1. The van der Waals surface area contributed by atoms with Gasteiger partial charge in [0, 0.05) is 19.5 Å². The lowest BCUT2D eigenvalue weighted by Crippen LogP contribution is -2.18. The molecule has 12 heavy (non-hydrogen) atoms. The number of likely N-dealkylation sites (tertiary alicyclic amines) is 1. The van der Waals surface area contributed by atoms with Crippen LogP contribution < -0.4 is 0 Å². The van der Waals surface area contributed by atoms with Crippen molar-refractivity contribution in [1.82, 2.24) is 4.90 Å². The number of β-amino-alcohol motifs (C(OH)–C–C–N with tert-alkyl or cyclic N) is 1. The van der Waals surface area contributed by atoms with Crippen molar-refractivity contribution in [2.75, 3.05) is 20.1 Å². The third kappa shape index (κ3) is 2.46. The van der Waals surface area contributed by atoms with E-state index in [1.807, 2.05) is 11.9 Å². The summed E-state index contributed by atoms with van der Waals surface area (Å²) in [4.78, 5) is 12.3. The molecule has 70 valence electrons. The molecule has 2 N–H and O–H groups in total. The molecule has 0 aromatic rings. The van der Waals surface area contributed by atoms with Crippen molar-refractivity contribution in [2.24, 2.45) is 5.92 Å². The fraction of sp³-hybridized carbons (Fsp3) is 0.875. The van der Waals surface area contributed by atoms with Crippen molar-refractivity contribution in [3.05, 3.63) is 0 Å². The third-order valence-electron chi connectivity index (χ3n) is 2.32. The van der Waals surface area contributed by atoms with Gasteiger partial charge in [-0.25, -0.2) is 0 Å². The van der Waals surface area contributed by atoms with Gasteiger partial charge in [-0.15, -0.1) is 0 Å². The van der Waals surface area contributed by atoms with Crippen LogP contribution in [0.15, 0.2) is 0 Å². The Bertz CT molecular complexity index is 172. The maximum atomic E-state index is 10.2. The molecule has 0 aromatic carbocycles. The molecule has 0 amide bonds. The van der Waals surface area contributed by atoms with E-state index in [4.69, 9.17) is 5.11 Å². The number of carboxylic acids is 1. The predicted octanol–water partition coefficient (Wildman–Crippen LogP) is -0.226. The van der Waals surface area contributed by atoms with Crippen LogP contribution in [0.1, 0.15) is 12.8 Å². The smallest absolute Gasteiger partial charge is 0.303 e. The fourth-order valence-electron chi connectivity index (χ4n) is 1.66. The molecule has 1 fully saturated rings. The molecule has 0 aliphatic carbocycles. The number of carbonyl (C=O) groups is 1. The number of aliphatic hydroxyl groups excluding tert-OH is 1. The highest BCUT2D eigenvalue weighted by Gasteiger charge is 2.28. The summed E-state index contributed by atoms with van der Waals surface area (Å²) >= 11 is 0. The molecular weight excluding hydrogens is 158 g/mol. The van der Waals surface area contributed by atoms with E-state index in [2.05, 4.69) is 0 Å². The number of rotatable bonds is 3. The molecule has 0 bridgehead atoms. The lowest BCUT2D eigenvalue weighted by Gasteiger charge is -2.10. The van der Waals surface area contributed by atoms with E-state index in [0.717, 1.165) is 6.54 Å². The standard InChI is InChI=1S/C8H15NO3/c1-9-4-6(7(10)5-9)2-3-8(11)12/h6-7,10H,2-5H2,1H3,(H,11,12)/t6-,7-/m0/s1. The first-order valence-corrected chi connectivity index (χ1v) is 4.18. The van der Waals surface area contributed by atoms with E-state index >= 15 is 0 Å². The second-order valence-electron chi connectivity index (χ2n) is 3.48. The molecule has 2 atom stereocenters. The van der Waals surface area contributed by atoms with E-state index < -0.39 is 5.97 Å². The van der Waals surface area contributed by atoms with Gasteiger partial charge in [0.1, 0.15) is 0 Å². The zero-order valence-corrected chi connectivity index (χ0v) is 7.23. The van der Waals surface area contributed by atoms with Gasteiger partial charge in [0.2, 0.25) is 0 Å². The summed E-state index contributed by atoms with van der Waals surface area (Å²) in [5.74, 6) is -0.636. The Morgan fingerprint density at radius 1 is 1.58 bits per heavy atom. The van der Waals surface area contributed by atoms with Crippen LogP contribution in [0.5, 0.6) is 0 Å². The summed E-state index contributed by atoms with van der Waals surface area (Å²) in [6.45, 7) is 1.48. The van der Waals surface area contributed by atoms with Gasteiger partial charge in [-0.2, -0.15) is 0 Å². The minimum Gasteiger partial charge on any atom is -0.481 e. The molecule has 1 heterocycles. The number of hydrogen-bond donors (Lipinski definition) is 2. The Kier molecular flexibility index (Phi) is 3.05. The van der Waals surface area contributed by atoms with Crippen molar-refractivity contribution in [1.29, 1.82) is 0 Å². The van der Waals surface area contributed by atoms with Gasteiger partial charge in [0.25, 0.3) is 0 Å². The van der Waals surface area contributed by atoms with Gasteiger partial charge in [-0.05, 0) is 19.4 Å². The van der Waals surface area contributed by atoms with Crippen LogP contribution in [0.25, 0.3) is 0 Å². The summed E-state index contributed by atoms with van der Waals surface area (Å²) in [7, 11) is 1.93. The van der Waals surface area contributed by atoms with E-state index in [1.54, 1.807) is 0 Å². The summed E-state index contributed by atoms with van der Waals surface area (Å²) in [5.41, 5.74) is 0. The van der Waals surface area contributed by atoms with Crippen molar-refractivity contribution in [2.45, 2.75) is 18.9 Å². The molecule has 1 aliphatic rings. The van der Waals surface area contributed by atoms with Gasteiger partial charge in [-0.3, -0.25) is 4.79 Å². The second kappa shape index (κ2) is 3.87. The number of aliphatic carboxylic acids is 1. The minimum atomic E-state index is -0.781. The zero-order valence-electron chi connectivity index (χ0n) is 7.23. The number of nitrogens with zero attached hydrogens (tertiary/aromatic N) is 1. The zero-order chi connectivity index (χ0) is 9.14. The Hall–Kier alpha value is -0.610. The van der Waals surface area contributed by atoms with Crippen molar-refractivity contribution in [3.63, 3.8) is 0 Å². The van der Waals surface area contributed by atoms with Crippen molar-refractivity contribution < 1.29 is 15.0 Å². The quantitative estimate of drug-likeness (QED) is 0.619. The summed E-state index contributed by atoms with van der Waals surface area (Å²) < 4.78 is 0. The van der Waals surface area contributed by atoms with E-state index in [-0.39, 0.29) is 18.4 Å². The van der Waals surface area contributed by atoms with Crippen molar-refractivity contribution >= 4 is 5.97 Å². The van der Waals surface area contributed by atoms with Crippen molar-refractivity contribution in [3.8, 4) is 0 Å². The van der Waals surface area contributed by atoms with Crippen LogP contribution in [0.2, 0.25) is 0 Å². The Labute approximate surface area is 71.8 Å². The molecule has 0 aromatic heterocycles. The van der Waals surface area contributed by atoms with Gasteiger partial charge < -0.3 is 15.1 Å². The molecular formula is C8H15NO3. The summed E-state index contributed by atoms with van der Waals surface area (Å²) in [6, 6.07) is 0. The topological polar surface area (TPSA) is 60.8 Å². The highest BCUT2D eigenvalue weighted by Crippen LogP contribution is 2.19. The molecule has 1 saturated heterocycles. The van der Waals surface area contributed by atoms with Crippen LogP contribution >= 0.6 is 0 Å². The molecule has 0 unspecified atom stereocenters. The van der Waals surface area contributed by atoms with Gasteiger partial charge >= 0.3 is 5.97 Å². The molecule has 1 aliphatic heterocycles. The minimum absolute atomic E-state index is 0.145. The highest BCUT2D eigenvalue weighted by molar-refractivity contribution is 5.66. The van der Waals surface area contributed by atoms with E-state index in [0.29, 0.717) is 13.0 Å². The van der Waals surface area contributed by atoms with E-state index in [1.165, 1.54) is 0 Å². The van der Waals surface area contributed by atoms with Crippen LogP contribution in [0, 0.1) is 5.92 Å². The Morgan fingerprint density at radius 2 is 2.25 bits per heavy atom. The Balaban J connectivity index is 2.28. The maximum Gasteiger partial charge on any atom is 0.303 e. The third-order valence-corrected chi connectivity index (χ3v) is 2.32. The normalized spacial score (nSPS) is 30.8. The van der Waals surface area contributed by atoms with Gasteiger partial charge in [0.05, 0.1) is 6.10 Å². The first-order valence-electron chi connectivity index (χ1n) is 4.18. The van der Waals surface area contributed by atoms with Crippen LogP contribution in [0.4, 0.5) is 0 Å². The molecule has 0 radical (unpaired) electrons. The molecule has 4 nitrogen and oxygen atoms in total. The summed E-state index contributed by atoms with van der Waals surface area (Å²) in [5, 5.41) is 17.9. The molecule has 0 saturated carbocycles. The van der Waals surface area contributed by atoms with Crippen LogP contribution in [-0.2, 0) is 4.79 Å². The second-order valence-corrected chi connectivity index (χ2v) is 3.48. The average Bonchev–Trinajstić information content (AvgIpc) is 2.26. The molecule has 1 rings (SSSR count).